The highest BCUT2D eigenvalue weighted by atomic mass is 16.7. The summed E-state index contributed by atoms with van der Waals surface area (Å²) in [5.41, 5.74) is -1.58. The Morgan fingerprint density at radius 2 is 1.57 bits per heavy atom. The van der Waals surface area contributed by atoms with Crippen LogP contribution >= 0.6 is 0 Å². The summed E-state index contributed by atoms with van der Waals surface area (Å²) in [7, 11) is 0. The summed E-state index contributed by atoms with van der Waals surface area (Å²) in [4.78, 5) is 10.7. The van der Waals surface area contributed by atoms with Gasteiger partial charge in [0.2, 0.25) is 0 Å². The first kappa shape index (κ1) is 9.89. The Balaban J connectivity index is 2.01. The van der Waals surface area contributed by atoms with E-state index in [0.717, 1.165) is 0 Å². The van der Waals surface area contributed by atoms with Crippen molar-refractivity contribution in [1.82, 2.24) is 0 Å². The van der Waals surface area contributed by atoms with E-state index in [4.69, 9.17) is 14.6 Å². The average molecular weight is 202 g/mol. The summed E-state index contributed by atoms with van der Waals surface area (Å²) in [6, 6.07) is 0. The normalized spacial score (nSPS) is 29.2. The van der Waals surface area contributed by atoms with Crippen LogP contribution < -0.4 is 0 Å². The van der Waals surface area contributed by atoms with Gasteiger partial charge in [0.25, 0.3) is 0 Å². The molecule has 2 fully saturated rings. The molecule has 2 N–H and O–H groups in total. The van der Waals surface area contributed by atoms with Gasteiger partial charge >= 0.3 is 5.97 Å². The van der Waals surface area contributed by atoms with E-state index < -0.39 is 17.4 Å². The highest BCUT2D eigenvalue weighted by molar-refractivity contribution is 5.77. The highest BCUT2D eigenvalue weighted by Crippen LogP contribution is 2.40. The third-order valence-corrected chi connectivity index (χ3v) is 3.05. The van der Waals surface area contributed by atoms with Crippen molar-refractivity contribution >= 4 is 5.97 Å². The van der Waals surface area contributed by atoms with E-state index in [9.17, 15) is 9.90 Å². The fourth-order valence-electron chi connectivity index (χ4n) is 2.04. The lowest BCUT2D eigenvalue weighted by Crippen LogP contribution is -2.48. The van der Waals surface area contributed by atoms with Crippen LogP contribution in [0.4, 0.5) is 0 Å². The van der Waals surface area contributed by atoms with Crippen LogP contribution in [0.2, 0.25) is 0 Å². The standard InChI is InChI=1S/C9H14O5/c10-7(11)8(12)1-3-9(4-2-8)13-5-6-14-9/h12H,1-6H2,(H,10,11). The molecule has 1 saturated carbocycles. The Hall–Kier alpha value is -0.650. The minimum atomic E-state index is -1.58. The van der Waals surface area contributed by atoms with E-state index in [1.165, 1.54) is 0 Å². The predicted octanol–water partition coefficient (Wildman–Crippen LogP) is 0.119. The molecule has 1 spiro atoms. The number of carboxylic acid groups (broad SMARTS) is 1. The number of aliphatic carboxylic acids is 1. The van der Waals surface area contributed by atoms with Gasteiger partial charge in [0.15, 0.2) is 11.4 Å². The lowest BCUT2D eigenvalue weighted by molar-refractivity contribution is -0.209. The van der Waals surface area contributed by atoms with Gasteiger partial charge in [-0.3, -0.25) is 0 Å². The van der Waals surface area contributed by atoms with E-state index in [0.29, 0.717) is 26.1 Å². The van der Waals surface area contributed by atoms with Crippen LogP contribution in [0.15, 0.2) is 0 Å². The molecule has 1 aliphatic carbocycles. The van der Waals surface area contributed by atoms with E-state index in [1.54, 1.807) is 0 Å². The zero-order valence-electron chi connectivity index (χ0n) is 7.86. The second kappa shape index (κ2) is 3.18. The van der Waals surface area contributed by atoms with E-state index in [2.05, 4.69) is 0 Å². The minimum absolute atomic E-state index is 0.197. The van der Waals surface area contributed by atoms with Crippen LogP contribution in [0, 0.1) is 0 Å². The van der Waals surface area contributed by atoms with Crippen molar-refractivity contribution in [3.05, 3.63) is 0 Å². The number of hydrogen-bond acceptors (Lipinski definition) is 4. The number of aliphatic hydroxyl groups is 1. The summed E-state index contributed by atoms with van der Waals surface area (Å²) >= 11 is 0. The molecule has 1 aliphatic heterocycles. The molecule has 5 heteroatoms. The molecule has 14 heavy (non-hydrogen) atoms. The summed E-state index contributed by atoms with van der Waals surface area (Å²) in [5.74, 6) is -1.76. The van der Waals surface area contributed by atoms with Gasteiger partial charge in [-0.05, 0) is 12.8 Å². The van der Waals surface area contributed by atoms with Crippen LogP contribution in [0.1, 0.15) is 25.7 Å². The monoisotopic (exact) mass is 202 g/mol. The molecule has 0 aromatic carbocycles. The van der Waals surface area contributed by atoms with Gasteiger partial charge in [-0.2, -0.15) is 0 Å². The van der Waals surface area contributed by atoms with Crippen molar-refractivity contribution in [3.8, 4) is 0 Å². The third kappa shape index (κ3) is 1.51. The number of hydrogen-bond donors (Lipinski definition) is 2. The molecule has 1 heterocycles. The fourth-order valence-corrected chi connectivity index (χ4v) is 2.04. The molecule has 5 nitrogen and oxygen atoms in total. The molecule has 0 aromatic heterocycles. The minimum Gasteiger partial charge on any atom is -0.479 e. The molecule has 0 unspecified atom stereocenters. The highest BCUT2D eigenvalue weighted by Gasteiger charge is 2.48. The maximum absolute atomic E-state index is 10.7. The van der Waals surface area contributed by atoms with Crippen LogP contribution in [-0.2, 0) is 14.3 Å². The van der Waals surface area contributed by atoms with Crippen LogP contribution in [-0.4, -0.2) is 40.8 Å². The van der Waals surface area contributed by atoms with Crippen LogP contribution in [0.3, 0.4) is 0 Å². The van der Waals surface area contributed by atoms with Gasteiger partial charge in [0.05, 0.1) is 13.2 Å². The Bertz CT molecular complexity index is 234. The molecular formula is C9H14O5. The van der Waals surface area contributed by atoms with E-state index in [1.807, 2.05) is 0 Å². The lowest BCUT2D eigenvalue weighted by Gasteiger charge is -2.37. The Kier molecular flexibility index (Phi) is 2.25. The smallest absolute Gasteiger partial charge is 0.335 e. The largest absolute Gasteiger partial charge is 0.479 e. The molecule has 80 valence electrons. The van der Waals surface area contributed by atoms with Gasteiger partial charge < -0.3 is 19.7 Å². The Morgan fingerprint density at radius 3 is 2.00 bits per heavy atom. The van der Waals surface area contributed by atoms with Crippen molar-refractivity contribution in [3.63, 3.8) is 0 Å². The second-order valence-electron chi connectivity index (χ2n) is 3.94. The maximum atomic E-state index is 10.7. The number of ether oxygens (including phenoxy) is 2. The molecule has 0 amide bonds. The first-order valence-electron chi connectivity index (χ1n) is 4.80. The van der Waals surface area contributed by atoms with Gasteiger partial charge in [-0.1, -0.05) is 0 Å². The fraction of sp³-hybridized carbons (Fsp3) is 0.889. The summed E-state index contributed by atoms with van der Waals surface area (Å²) in [6.45, 7) is 1.12. The van der Waals surface area contributed by atoms with E-state index >= 15 is 0 Å². The van der Waals surface area contributed by atoms with Gasteiger partial charge in [0, 0.05) is 12.8 Å². The zero-order chi connectivity index (χ0) is 10.2. The van der Waals surface area contributed by atoms with Gasteiger partial charge in [0.1, 0.15) is 0 Å². The molecule has 0 atom stereocenters. The molecule has 0 radical (unpaired) electrons. The third-order valence-electron chi connectivity index (χ3n) is 3.05. The quantitative estimate of drug-likeness (QED) is 0.631. The van der Waals surface area contributed by atoms with Crippen molar-refractivity contribution in [2.45, 2.75) is 37.1 Å². The number of rotatable bonds is 1. The summed E-state index contributed by atoms with van der Waals surface area (Å²) < 4.78 is 10.9. The molecule has 0 bridgehead atoms. The molecule has 2 rings (SSSR count). The first-order chi connectivity index (χ1) is 6.56. The van der Waals surface area contributed by atoms with E-state index in [-0.39, 0.29) is 12.8 Å². The Morgan fingerprint density at radius 1 is 1.07 bits per heavy atom. The Labute approximate surface area is 81.6 Å². The summed E-state index contributed by atoms with van der Waals surface area (Å²) in [5, 5.41) is 18.5. The van der Waals surface area contributed by atoms with Crippen molar-refractivity contribution in [1.29, 1.82) is 0 Å². The molecule has 1 saturated heterocycles. The topological polar surface area (TPSA) is 76.0 Å². The predicted molar refractivity (Wildman–Crippen MR) is 45.7 cm³/mol. The number of carbonyl (C=O) groups is 1. The maximum Gasteiger partial charge on any atom is 0.335 e. The lowest BCUT2D eigenvalue weighted by atomic mass is 9.81. The first-order valence-corrected chi connectivity index (χ1v) is 4.80. The van der Waals surface area contributed by atoms with Crippen molar-refractivity contribution in [2.24, 2.45) is 0 Å². The average Bonchev–Trinajstić information content (AvgIpc) is 2.60. The van der Waals surface area contributed by atoms with Crippen LogP contribution in [0.5, 0.6) is 0 Å². The molecule has 2 aliphatic rings. The number of carboxylic acids is 1. The van der Waals surface area contributed by atoms with Gasteiger partial charge in [-0.25, -0.2) is 4.79 Å². The molecular weight excluding hydrogens is 188 g/mol. The second-order valence-corrected chi connectivity index (χ2v) is 3.94. The SMILES string of the molecule is O=C(O)C1(O)CCC2(CC1)OCCO2. The molecule has 0 aromatic rings. The zero-order valence-corrected chi connectivity index (χ0v) is 7.86. The summed E-state index contributed by atoms with van der Waals surface area (Å²) in [6.07, 6.45) is 1.30. The van der Waals surface area contributed by atoms with Gasteiger partial charge in [-0.15, -0.1) is 0 Å². The van der Waals surface area contributed by atoms with Crippen LogP contribution in [0.25, 0.3) is 0 Å². The van der Waals surface area contributed by atoms with Crippen molar-refractivity contribution in [2.75, 3.05) is 13.2 Å². The van der Waals surface area contributed by atoms with Crippen molar-refractivity contribution < 1.29 is 24.5 Å².